The van der Waals surface area contributed by atoms with E-state index < -0.39 is 0 Å². The first-order chi connectivity index (χ1) is 13.9. The number of benzene rings is 2. The lowest BCUT2D eigenvalue weighted by atomic mass is 10.1. The van der Waals surface area contributed by atoms with Crippen LogP contribution < -0.4 is 0 Å². The minimum Gasteiger partial charge on any atom is -0.372 e. The van der Waals surface area contributed by atoms with E-state index in [9.17, 15) is 9.18 Å². The van der Waals surface area contributed by atoms with E-state index >= 15 is 0 Å². The Morgan fingerprint density at radius 1 is 1.07 bits per heavy atom. The number of rotatable bonds is 3. The van der Waals surface area contributed by atoms with Gasteiger partial charge in [-0.25, -0.2) is 9.07 Å². The maximum atomic E-state index is 13.4. The Hall–Kier alpha value is -2.70. The Kier molecular flexibility index (Phi) is 5.39. The van der Waals surface area contributed by atoms with E-state index in [4.69, 9.17) is 16.3 Å². The highest BCUT2D eigenvalue weighted by Crippen LogP contribution is 2.25. The van der Waals surface area contributed by atoms with Crippen LogP contribution in [0, 0.1) is 5.82 Å². The second-order valence-corrected chi connectivity index (χ2v) is 7.71. The molecule has 0 aliphatic carbocycles. The smallest absolute Gasteiger partial charge is 0.272 e. The molecular formula is C22H21ClFN3O2. The monoisotopic (exact) mass is 413 g/mol. The minimum atomic E-state index is -0.321. The molecule has 0 bridgehead atoms. The molecule has 5 nitrogen and oxygen atoms in total. The molecule has 0 spiro atoms. The predicted octanol–water partition coefficient (Wildman–Crippen LogP) is 4.58. The van der Waals surface area contributed by atoms with Gasteiger partial charge in [-0.1, -0.05) is 11.6 Å². The van der Waals surface area contributed by atoms with E-state index in [1.165, 1.54) is 12.1 Å². The quantitative estimate of drug-likeness (QED) is 0.631. The summed E-state index contributed by atoms with van der Waals surface area (Å²) < 4.78 is 20.7. The fourth-order valence-corrected chi connectivity index (χ4v) is 3.71. The van der Waals surface area contributed by atoms with Crippen LogP contribution in [0.25, 0.3) is 16.9 Å². The summed E-state index contributed by atoms with van der Waals surface area (Å²) in [6, 6.07) is 14.9. The van der Waals surface area contributed by atoms with Crippen molar-refractivity contribution >= 4 is 17.5 Å². The van der Waals surface area contributed by atoms with Crippen molar-refractivity contribution in [2.24, 2.45) is 0 Å². The summed E-state index contributed by atoms with van der Waals surface area (Å²) in [7, 11) is 0. The van der Waals surface area contributed by atoms with Crippen molar-refractivity contribution in [3.05, 3.63) is 71.1 Å². The lowest BCUT2D eigenvalue weighted by Crippen LogP contribution is -2.48. The van der Waals surface area contributed by atoms with Crippen LogP contribution in [0.5, 0.6) is 0 Å². The van der Waals surface area contributed by atoms with Gasteiger partial charge in [0, 0.05) is 23.7 Å². The van der Waals surface area contributed by atoms with E-state index in [0.29, 0.717) is 29.5 Å². The summed E-state index contributed by atoms with van der Waals surface area (Å²) in [5.41, 5.74) is 2.49. The standard InChI is InChI=1S/C22H21ClFN3O2/c1-14-12-26(13-15(2)29-14)22(28)21-11-20(16-3-7-18(24)8-4-16)25-27(21)19-9-5-17(23)6-10-19/h3-11,14-15H,12-13H2,1-2H3. The fourth-order valence-electron chi connectivity index (χ4n) is 3.58. The topological polar surface area (TPSA) is 47.4 Å². The highest BCUT2D eigenvalue weighted by Gasteiger charge is 2.29. The van der Waals surface area contributed by atoms with Crippen LogP contribution in [0.2, 0.25) is 5.02 Å². The van der Waals surface area contributed by atoms with Crippen LogP contribution in [-0.4, -0.2) is 45.9 Å². The number of aromatic nitrogens is 2. The maximum Gasteiger partial charge on any atom is 0.272 e. The third-order valence-electron chi connectivity index (χ3n) is 4.85. The third-order valence-corrected chi connectivity index (χ3v) is 5.10. The van der Waals surface area contributed by atoms with Crippen LogP contribution in [0.3, 0.4) is 0 Å². The molecule has 3 aromatic rings. The molecule has 2 atom stereocenters. The number of ether oxygens (including phenoxy) is 1. The second-order valence-electron chi connectivity index (χ2n) is 7.28. The van der Waals surface area contributed by atoms with Gasteiger partial charge in [0.25, 0.3) is 5.91 Å². The van der Waals surface area contributed by atoms with Crippen LogP contribution >= 0.6 is 11.6 Å². The highest BCUT2D eigenvalue weighted by atomic mass is 35.5. The van der Waals surface area contributed by atoms with E-state index in [1.54, 1.807) is 39.9 Å². The molecule has 2 heterocycles. The number of morpholine rings is 1. The molecule has 1 saturated heterocycles. The van der Waals surface area contributed by atoms with Gasteiger partial charge in [-0.2, -0.15) is 5.10 Å². The number of carbonyl (C=O) groups is 1. The molecule has 0 radical (unpaired) electrons. The Balaban J connectivity index is 1.77. The third kappa shape index (κ3) is 4.18. The first-order valence-corrected chi connectivity index (χ1v) is 9.85. The zero-order valence-corrected chi connectivity index (χ0v) is 16.9. The molecule has 7 heteroatoms. The van der Waals surface area contributed by atoms with Crippen LogP contribution in [-0.2, 0) is 4.74 Å². The lowest BCUT2D eigenvalue weighted by Gasteiger charge is -2.35. The van der Waals surface area contributed by atoms with Gasteiger partial charge in [-0.3, -0.25) is 4.79 Å². The van der Waals surface area contributed by atoms with Crippen molar-refractivity contribution in [2.45, 2.75) is 26.1 Å². The first kappa shape index (κ1) is 19.6. The summed E-state index contributed by atoms with van der Waals surface area (Å²) in [6.07, 6.45) is -0.0719. The lowest BCUT2D eigenvalue weighted by molar-refractivity contribution is -0.0588. The molecule has 1 aliphatic heterocycles. The predicted molar refractivity (Wildman–Crippen MR) is 110 cm³/mol. The molecule has 4 rings (SSSR count). The van der Waals surface area contributed by atoms with Crippen LogP contribution in [0.15, 0.2) is 54.6 Å². The summed E-state index contributed by atoms with van der Waals surface area (Å²) in [5.74, 6) is -0.443. The molecule has 1 aromatic heterocycles. The molecule has 1 fully saturated rings. The molecule has 2 aromatic carbocycles. The largest absolute Gasteiger partial charge is 0.372 e. The van der Waals surface area contributed by atoms with Gasteiger partial charge in [0.1, 0.15) is 11.5 Å². The average molecular weight is 414 g/mol. The number of nitrogens with zero attached hydrogens (tertiary/aromatic N) is 3. The summed E-state index contributed by atoms with van der Waals surface area (Å²) in [4.78, 5) is 15.2. The Labute approximate surface area is 173 Å². The fraction of sp³-hybridized carbons (Fsp3) is 0.273. The molecule has 1 amide bonds. The van der Waals surface area contributed by atoms with Gasteiger partial charge in [-0.15, -0.1) is 0 Å². The SMILES string of the molecule is CC1CN(C(=O)c2cc(-c3ccc(F)cc3)nn2-c2ccc(Cl)cc2)CC(C)O1. The van der Waals surface area contributed by atoms with Crippen molar-refractivity contribution in [2.75, 3.05) is 13.1 Å². The van der Waals surface area contributed by atoms with Gasteiger partial charge >= 0.3 is 0 Å². The van der Waals surface area contributed by atoms with E-state index in [2.05, 4.69) is 5.10 Å². The van der Waals surface area contributed by atoms with Crippen molar-refractivity contribution in [3.8, 4) is 16.9 Å². The van der Waals surface area contributed by atoms with Crippen LogP contribution in [0.4, 0.5) is 4.39 Å². The van der Waals surface area contributed by atoms with Gasteiger partial charge in [-0.05, 0) is 68.4 Å². The summed E-state index contributed by atoms with van der Waals surface area (Å²) >= 11 is 6.02. The number of halogens is 2. The van der Waals surface area contributed by atoms with Gasteiger partial charge < -0.3 is 9.64 Å². The second kappa shape index (κ2) is 7.97. The van der Waals surface area contributed by atoms with Crippen molar-refractivity contribution in [3.63, 3.8) is 0 Å². The van der Waals surface area contributed by atoms with E-state index in [-0.39, 0.29) is 23.9 Å². The zero-order chi connectivity index (χ0) is 20.5. The maximum absolute atomic E-state index is 13.4. The van der Waals surface area contributed by atoms with Crippen molar-refractivity contribution < 1.29 is 13.9 Å². The molecule has 0 N–H and O–H groups in total. The van der Waals surface area contributed by atoms with Crippen LogP contribution in [0.1, 0.15) is 24.3 Å². The highest BCUT2D eigenvalue weighted by molar-refractivity contribution is 6.30. The molecule has 29 heavy (non-hydrogen) atoms. The van der Waals surface area contributed by atoms with Crippen molar-refractivity contribution in [1.29, 1.82) is 0 Å². The van der Waals surface area contributed by atoms with Gasteiger partial charge in [0.05, 0.1) is 23.6 Å². The number of hydrogen-bond acceptors (Lipinski definition) is 3. The average Bonchev–Trinajstić information content (AvgIpc) is 3.13. The summed E-state index contributed by atoms with van der Waals surface area (Å²) in [6.45, 7) is 4.94. The Bertz CT molecular complexity index is 1010. The normalized spacial score (nSPS) is 19.4. The first-order valence-electron chi connectivity index (χ1n) is 9.47. The number of carbonyl (C=O) groups excluding carboxylic acids is 1. The zero-order valence-electron chi connectivity index (χ0n) is 16.2. The molecule has 150 valence electrons. The molecule has 2 unspecified atom stereocenters. The Morgan fingerprint density at radius 2 is 1.69 bits per heavy atom. The van der Waals surface area contributed by atoms with E-state index in [1.807, 2.05) is 26.0 Å². The molecular weight excluding hydrogens is 393 g/mol. The molecule has 1 aliphatic rings. The van der Waals surface area contributed by atoms with Crippen molar-refractivity contribution in [1.82, 2.24) is 14.7 Å². The number of hydrogen-bond donors (Lipinski definition) is 0. The summed E-state index contributed by atoms with van der Waals surface area (Å²) in [5, 5.41) is 5.24. The Morgan fingerprint density at radius 3 is 2.31 bits per heavy atom. The number of amides is 1. The van der Waals surface area contributed by atoms with Gasteiger partial charge in [0.15, 0.2) is 0 Å². The minimum absolute atomic E-state index is 0.0360. The van der Waals surface area contributed by atoms with Gasteiger partial charge in [0.2, 0.25) is 0 Å². The molecule has 0 saturated carbocycles. The van der Waals surface area contributed by atoms with E-state index in [0.717, 1.165) is 11.3 Å².